The summed E-state index contributed by atoms with van der Waals surface area (Å²) < 4.78 is 31.4. The number of hydrogen-bond acceptors (Lipinski definition) is 6. The number of aromatic nitrogens is 1. The second-order valence-corrected chi connectivity index (χ2v) is 8.50. The van der Waals surface area contributed by atoms with Crippen molar-refractivity contribution < 1.29 is 22.7 Å². The van der Waals surface area contributed by atoms with Crippen molar-refractivity contribution in [3.05, 3.63) is 52.1 Å². The molecule has 1 N–H and O–H groups in total. The summed E-state index contributed by atoms with van der Waals surface area (Å²) in [5, 5.41) is 2.85. The molecular weight excluding hydrogens is 441 g/mol. The third-order valence-corrected chi connectivity index (χ3v) is 6.43. The minimum absolute atomic E-state index is 0.00766. The molecule has 1 aromatic heterocycles. The summed E-state index contributed by atoms with van der Waals surface area (Å²) in [7, 11) is -3.78. The molecule has 8 nitrogen and oxygen atoms in total. The first-order valence-electron chi connectivity index (χ1n) is 8.57. The molecule has 1 heterocycles. The van der Waals surface area contributed by atoms with Crippen molar-refractivity contribution in [1.29, 1.82) is 0 Å². The summed E-state index contributed by atoms with van der Waals surface area (Å²) in [6.07, 6.45) is 1.35. The Hall–Kier alpha value is -2.20. The Balaban J connectivity index is 2.10. The number of sulfonamides is 1. The highest BCUT2D eigenvalue weighted by Gasteiger charge is 2.24. The van der Waals surface area contributed by atoms with E-state index in [1.54, 1.807) is 13.8 Å². The van der Waals surface area contributed by atoms with E-state index in [0.717, 1.165) is 6.07 Å². The molecule has 0 bridgehead atoms. The number of benzene rings is 1. The molecule has 1 amide bonds. The highest BCUT2D eigenvalue weighted by Crippen LogP contribution is 2.23. The van der Waals surface area contributed by atoms with Crippen molar-refractivity contribution >= 4 is 50.9 Å². The first-order valence-corrected chi connectivity index (χ1v) is 10.8. The number of anilines is 1. The predicted octanol–water partition coefficient (Wildman–Crippen LogP) is 3.21. The summed E-state index contributed by atoms with van der Waals surface area (Å²) in [6, 6.07) is 6.77. The lowest BCUT2D eigenvalue weighted by molar-refractivity contribution is -0.119. The Morgan fingerprint density at radius 3 is 2.41 bits per heavy atom. The quantitative estimate of drug-likeness (QED) is 0.607. The highest BCUT2D eigenvalue weighted by atomic mass is 35.5. The molecule has 0 aliphatic heterocycles. The van der Waals surface area contributed by atoms with Gasteiger partial charge in [-0.25, -0.2) is 18.2 Å². The SMILES string of the molecule is CCN(CC)S(=O)(=O)c1ccc(Cl)c(C(=O)OCC(=O)Nc2ccc(Cl)cn2)c1. The molecule has 0 aliphatic carbocycles. The molecule has 29 heavy (non-hydrogen) atoms. The molecule has 2 aromatic rings. The van der Waals surface area contributed by atoms with Crippen molar-refractivity contribution in [2.75, 3.05) is 25.0 Å². The lowest BCUT2D eigenvalue weighted by Crippen LogP contribution is -2.30. The van der Waals surface area contributed by atoms with Crippen molar-refractivity contribution in [3.63, 3.8) is 0 Å². The average Bonchev–Trinajstić information content (AvgIpc) is 2.69. The van der Waals surface area contributed by atoms with Crippen LogP contribution in [0.5, 0.6) is 0 Å². The van der Waals surface area contributed by atoms with Crippen LogP contribution in [-0.2, 0) is 19.6 Å². The molecule has 0 unspecified atom stereocenters. The third-order valence-electron chi connectivity index (χ3n) is 3.83. The Morgan fingerprint density at radius 2 is 1.83 bits per heavy atom. The van der Waals surface area contributed by atoms with Gasteiger partial charge in [0.15, 0.2) is 6.61 Å². The van der Waals surface area contributed by atoms with Crippen LogP contribution in [-0.4, -0.2) is 49.3 Å². The number of rotatable bonds is 8. The van der Waals surface area contributed by atoms with Gasteiger partial charge in [-0.05, 0) is 30.3 Å². The Kier molecular flexibility index (Phi) is 7.97. The Bertz CT molecular complexity index is 993. The molecule has 0 saturated heterocycles. The van der Waals surface area contributed by atoms with Crippen LogP contribution in [0.2, 0.25) is 10.0 Å². The van der Waals surface area contributed by atoms with E-state index < -0.39 is 28.5 Å². The molecule has 1 aromatic carbocycles. The largest absolute Gasteiger partial charge is 0.452 e. The number of halogens is 2. The van der Waals surface area contributed by atoms with Gasteiger partial charge < -0.3 is 10.1 Å². The smallest absolute Gasteiger partial charge is 0.340 e. The minimum atomic E-state index is -3.78. The van der Waals surface area contributed by atoms with E-state index in [4.69, 9.17) is 27.9 Å². The molecule has 0 fully saturated rings. The Labute approximate surface area is 178 Å². The van der Waals surface area contributed by atoms with Crippen LogP contribution in [0, 0.1) is 0 Å². The Morgan fingerprint density at radius 1 is 1.14 bits per heavy atom. The molecule has 0 atom stereocenters. The van der Waals surface area contributed by atoms with Gasteiger partial charge in [0.2, 0.25) is 10.0 Å². The molecule has 0 aliphatic rings. The van der Waals surface area contributed by atoms with E-state index in [9.17, 15) is 18.0 Å². The van der Waals surface area contributed by atoms with E-state index in [-0.39, 0.29) is 34.4 Å². The molecule has 0 radical (unpaired) electrons. The van der Waals surface area contributed by atoms with E-state index in [0.29, 0.717) is 5.02 Å². The molecule has 156 valence electrons. The molecule has 0 spiro atoms. The average molecular weight is 460 g/mol. The number of pyridine rings is 1. The van der Waals surface area contributed by atoms with Crippen molar-refractivity contribution in [3.8, 4) is 0 Å². The van der Waals surface area contributed by atoms with Gasteiger partial charge in [-0.1, -0.05) is 37.0 Å². The van der Waals surface area contributed by atoms with Gasteiger partial charge in [0.1, 0.15) is 5.82 Å². The molecule has 0 saturated carbocycles. The summed E-state index contributed by atoms with van der Waals surface area (Å²) in [6.45, 7) is 3.37. The topological polar surface area (TPSA) is 106 Å². The second-order valence-electron chi connectivity index (χ2n) is 5.72. The van der Waals surface area contributed by atoms with Crippen LogP contribution < -0.4 is 5.32 Å². The van der Waals surface area contributed by atoms with Gasteiger partial charge in [-0.15, -0.1) is 0 Å². The lowest BCUT2D eigenvalue weighted by Gasteiger charge is -2.19. The van der Waals surface area contributed by atoms with Crippen molar-refractivity contribution in [1.82, 2.24) is 9.29 Å². The van der Waals surface area contributed by atoms with Gasteiger partial charge in [-0.3, -0.25) is 4.79 Å². The zero-order chi connectivity index (χ0) is 21.6. The first kappa shape index (κ1) is 23.1. The van der Waals surface area contributed by atoms with E-state index in [2.05, 4.69) is 10.3 Å². The first-order chi connectivity index (χ1) is 13.7. The van der Waals surface area contributed by atoms with Crippen LogP contribution in [0.15, 0.2) is 41.4 Å². The normalized spacial score (nSPS) is 11.3. The maximum atomic E-state index is 12.6. The fourth-order valence-electron chi connectivity index (χ4n) is 2.37. The summed E-state index contributed by atoms with van der Waals surface area (Å²) >= 11 is 11.7. The predicted molar refractivity (Wildman–Crippen MR) is 110 cm³/mol. The number of nitrogens with one attached hydrogen (secondary N) is 1. The zero-order valence-corrected chi connectivity index (χ0v) is 18.0. The van der Waals surface area contributed by atoms with Crippen LogP contribution in [0.1, 0.15) is 24.2 Å². The number of nitrogens with zero attached hydrogens (tertiary/aromatic N) is 2. The lowest BCUT2D eigenvalue weighted by atomic mass is 10.2. The van der Waals surface area contributed by atoms with Crippen LogP contribution in [0.4, 0.5) is 5.82 Å². The minimum Gasteiger partial charge on any atom is -0.452 e. The van der Waals surface area contributed by atoms with E-state index >= 15 is 0 Å². The number of hydrogen-bond donors (Lipinski definition) is 1. The third kappa shape index (κ3) is 5.89. The van der Waals surface area contributed by atoms with Gasteiger partial charge in [0, 0.05) is 19.3 Å². The maximum absolute atomic E-state index is 12.6. The van der Waals surface area contributed by atoms with Crippen molar-refractivity contribution in [2.24, 2.45) is 0 Å². The van der Waals surface area contributed by atoms with Gasteiger partial charge >= 0.3 is 5.97 Å². The van der Waals surface area contributed by atoms with Crippen LogP contribution in [0.3, 0.4) is 0 Å². The van der Waals surface area contributed by atoms with E-state index in [1.165, 1.54) is 34.8 Å². The van der Waals surface area contributed by atoms with Crippen LogP contribution in [0.25, 0.3) is 0 Å². The number of amides is 1. The number of esters is 1. The van der Waals surface area contributed by atoms with Crippen molar-refractivity contribution in [2.45, 2.75) is 18.7 Å². The molecule has 11 heteroatoms. The summed E-state index contributed by atoms with van der Waals surface area (Å²) in [4.78, 5) is 28.0. The van der Waals surface area contributed by atoms with Gasteiger partial charge in [-0.2, -0.15) is 4.31 Å². The number of carbonyl (C=O) groups excluding carboxylic acids is 2. The van der Waals surface area contributed by atoms with E-state index in [1.807, 2.05) is 0 Å². The molecular formula is C18H19Cl2N3O5S. The van der Waals surface area contributed by atoms with Gasteiger partial charge in [0.05, 0.1) is 20.5 Å². The molecule has 2 rings (SSSR count). The standard InChI is InChI=1S/C18H19Cl2N3O5S/c1-3-23(4-2)29(26,27)13-6-7-15(20)14(9-13)18(25)28-11-17(24)22-16-8-5-12(19)10-21-16/h5-10H,3-4,11H2,1-2H3,(H,21,22,24). The summed E-state index contributed by atoms with van der Waals surface area (Å²) in [5.41, 5.74) is -0.155. The monoisotopic (exact) mass is 459 g/mol. The van der Waals surface area contributed by atoms with Gasteiger partial charge in [0.25, 0.3) is 5.91 Å². The number of carbonyl (C=O) groups is 2. The highest BCUT2D eigenvalue weighted by molar-refractivity contribution is 7.89. The zero-order valence-electron chi connectivity index (χ0n) is 15.7. The fraction of sp³-hybridized carbons (Fsp3) is 0.278. The maximum Gasteiger partial charge on any atom is 0.340 e. The second kappa shape index (κ2) is 10.0. The summed E-state index contributed by atoms with van der Waals surface area (Å²) in [5.74, 6) is -1.32. The number of ether oxygens (including phenoxy) is 1. The fourth-order valence-corrected chi connectivity index (χ4v) is 4.16. The van der Waals surface area contributed by atoms with Crippen LogP contribution >= 0.6 is 23.2 Å².